The standard InChI is InChI=1S/C34H36FN3O5/c1-22(2)18-30(32(41)36-29(20-31(39)40)27-10-7-11-28(35)19-27)38-33(42)23(3)37(34(38)43)21-26-16-14-25(15-17-26)13-12-24-8-5-4-6-9-24/h4-17,19,22-23,29-30H,18,20-21H2,1-3H3,(H,36,41)(H,39,40)/b13-12+/t23?,29?,30-/m0/s1. The molecule has 0 bridgehead atoms. The van der Waals surface area contributed by atoms with E-state index in [2.05, 4.69) is 5.32 Å². The van der Waals surface area contributed by atoms with Gasteiger partial charge in [-0.25, -0.2) is 14.1 Å². The monoisotopic (exact) mass is 585 g/mol. The Balaban J connectivity index is 1.51. The quantitative estimate of drug-likeness (QED) is 0.204. The van der Waals surface area contributed by atoms with Gasteiger partial charge in [0.25, 0.3) is 5.91 Å². The van der Waals surface area contributed by atoms with Gasteiger partial charge < -0.3 is 15.3 Å². The van der Waals surface area contributed by atoms with Crippen molar-refractivity contribution < 1.29 is 28.7 Å². The highest BCUT2D eigenvalue weighted by Crippen LogP contribution is 2.27. The number of aliphatic carboxylic acids is 1. The first-order valence-corrected chi connectivity index (χ1v) is 14.3. The molecule has 1 saturated heterocycles. The van der Waals surface area contributed by atoms with Crippen molar-refractivity contribution >= 4 is 36.0 Å². The number of nitrogens with one attached hydrogen (secondary N) is 1. The van der Waals surface area contributed by atoms with E-state index in [0.717, 1.165) is 27.7 Å². The summed E-state index contributed by atoms with van der Waals surface area (Å²) in [6.45, 7) is 5.52. The summed E-state index contributed by atoms with van der Waals surface area (Å²) >= 11 is 0. The molecule has 9 heteroatoms. The zero-order chi connectivity index (χ0) is 31.1. The molecule has 4 rings (SSSR count). The predicted molar refractivity (Wildman–Crippen MR) is 162 cm³/mol. The van der Waals surface area contributed by atoms with Crippen molar-refractivity contribution in [2.45, 2.75) is 58.3 Å². The van der Waals surface area contributed by atoms with E-state index in [4.69, 9.17) is 0 Å². The lowest BCUT2D eigenvalue weighted by Gasteiger charge is -2.29. The van der Waals surface area contributed by atoms with Crippen molar-refractivity contribution in [2.24, 2.45) is 5.92 Å². The number of urea groups is 1. The Morgan fingerprint density at radius 3 is 2.21 bits per heavy atom. The fourth-order valence-electron chi connectivity index (χ4n) is 5.11. The number of benzene rings is 3. The number of rotatable bonds is 12. The van der Waals surface area contributed by atoms with E-state index in [1.54, 1.807) is 6.92 Å². The minimum Gasteiger partial charge on any atom is -0.481 e. The van der Waals surface area contributed by atoms with Crippen LogP contribution in [0.5, 0.6) is 0 Å². The van der Waals surface area contributed by atoms with Crippen LogP contribution >= 0.6 is 0 Å². The fourth-order valence-corrected chi connectivity index (χ4v) is 5.11. The molecular weight excluding hydrogens is 549 g/mol. The van der Waals surface area contributed by atoms with Gasteiger partial charge in [-0.05, 0) is 53.6 Å². The van der Waals surface area contributed by atoms with Crippen molar-refractivity contribution in [1.29, 1.82) is 0 Å². The molecule has 1 heterocycles. The maximum absolute atomic E-state index is 13.9. The number of nitrogens with zero attached hydrogens (tertiary/aromatic N) is 2. The molecule has 2 unspecified atom stereocenters. The minimum absolute atomic E-state index is 0.0655. The van der Waals surface area contributed by atoms with Crippen LogP contribution in [-0.4, -0.2) is 50.8 Å². The molecule has 3 atom stereocenters. The van der Waals surface area contributed by atoms with E-state index < -0.39 is 54.2 Å². The first-order chi connectivity index (χ1) is 20.5. The zero-order valence-electron chi connectivity index (χ0n) is 24.4. The Hall–Kier alpha value is -4.79. The zero-order valence-corrected chi connectivity index (χ0v) is 24.4. The van der Waals surface area contributed by atoms with E-state index in [1.165, 1.54) is 23.1 Å². The Labute approximate surface area is 250 Å². The Kier molecular flexibility index (Phi) is 10.1. The van der Waals surface area contributed by atoms with Crippen LogP contribution < -0.4 is 5.32 Å². The molecule has 0 saturated carbocycles. The largest absolute Gasteiger partial charge is 0.481 e. The molecule has 43 heavy (non-hydrogen) atoms. The molecule has 0 radical (unpaired) electrons. The summed E-state index contributed by atoms with van der Waals surface area (Å²) in [5, 5.41) is 12.1. The Morgan fingerprint density at radius 1 is 0.953 bits per heavy atom. The Bertz CT molecular complexity index is 1490. The number of hydrogen-bond donors (Lipinski definition) is 2. The van der Waals surface area contributed by atoms with Crippen LogP contribution in [0.25, 0.3) is 12.2 Å². The van der Waals surface area contributed by atoms with Gasteiger partial charge >= 0.3 is 12.0 Å². The lowest BCUT2D eigenvalue weighted by atomic mass is 9.99. The van der Waals surface area contributed by atoms with Gasteiger partial charge in [0.05, 0.1) is 12.5 Å². The predicted octanol–water partition coefficient (Wildman–Crippen LogP) is 5.90. The van der Waals surface area contributed by atoms with Gasteiger partial charge in [0.2, 0.25) is 5.91 Å². The van der Waals surface area contributed by atoms with Gasteiger partial charge in [-0.15, -0.1) is 0 Å². The van der Waals surface area contributed by atoms with Gasteiger partial charge in [-0.1, -0.05) is 92.7 Å². The number of carbonyl (C=O) groups excluding carboxylic acids is 3. The molecule has 224 valence electrons. The highest BCUT2D eigenvalue weighted by molar-refractivity contribution is 6.07. The van der Waals surface area contributed by atoms with Crippen LogP contribution in [0.15, 0.2) is 78.9 Å². The molecular formula is C34H36FN3O5. The number of amides is 4. The maximum Gasteiger partial charge on any atom is 0.328 e. The van der Waals surface area contributed by atoms with Gasteiger partial charge in [-0.2, -0.15) is 0 Å². The fraction of sp³-hybridized carbons (Fsp3) is 0.294. The smallest absolute Gasteiger partial charge is 0.328 e. The van der Waals surface area contributed by atoms with Gasteiger partial charge in [0.15, 0.2) is 0 Å². The van der Waals surface area contributed by atoms with Crippen LogP contribution in [0, 0.1) is 11.7 Å². The lowest BCUT2D eigenvalue weighted by Crippen LogP contribution is -2.51. The summed E-state index contributed by atoms with van der Waals surface area (Å²) in [6.07, 6.45) is 3.68. The van der Waals surface area contributed by atoms with Crippen LogP contribution in [0.3, 0.4) is 0 Å². The highest BCUT2D eigenvalue weighted by atomic mass is 19.1. The summed E-state index contributed by atoms with van der Waals surface area (Å²) in [5.74, 6) is -3.01. The minimum atomic E-state index is -1.19. The second-order valence-electron chi connectivity index (χ2n) is 11.1. The molecule has 0 aliphatic carbocycles. The first-order valence-electron chi connectivity index (χ1n) is 14.3. The summed E-state index contributed by atoms with van der Waals surface area (Å²) in [4.78, 5) is 54.7. The van der Waals surface area contributed by atoms with Crippen LogP contribution in [0.4, 0.5) is 9.18 Å². The van der Waals surface area contributed by atoms with Crippen LogP contribution in [0.2, 0.25) is 0 Å². The topological polar surface area (TPSA) is 107 Å². The van der Waals surface area contributed by atoms with Gasteiger partial charge in [0, 0.05) is 6.54 Å². The molecule has 3 aromatic carbocycles. The van der Waals surface area contributed by atoms with E-state index in [0.29, 0.717) is 0 Å². The third-order valence-corrected chi connectivity index (χ3v) is 7.37. The SMILES string of the molecule is CC(C)C[C@@H](C(=O)NC(CC(=O)O)c1cccc(F)c1)N1C(=O)C(C)N(Cc2ccc(/C=C/c3ccccc3)cc2)C1=O. The number of carbonyl (C=O) groups is 4. The van der Waals surface area contributed by atoms with Crippen molar-refractivity contribution in [3.05, 3.63) is 107 Å². The van der Waals surface area contributed by atoms with Gasteiger partial charge in [0.1, 0.15) is 17.9 Å². The number of carboxylic acid groups (broad SMARTS) is 1. The van der Waals surface area contributed by atoms with E-state index >= 15 is 0 Å². The molecule has 3 aromatic rings. The van der Waals surface area contributed by atoms with Crippen molar-refractivity contribution in [2.75, 3.05) is 0 Å². The van der Waals surface area contributed by atoms with Crippen molar-refractivity contribution in [3.8, 4) is 0 Å². The average molecular weight is 586 g/mol. The van der Waals surface area contributed by atoms with Gasteiger partial charge in [-0.3, -0.25) is 14.4 Å². The normalized spacial score (nSPS) is 16.6. The maximum atomic E-state index is 13.9. The second-order valence-corrected chi connectivity index (χ2v) is 11.1. The summed E-state index contributed by atoms with van der Waals surface area (Å²) in [6, 6.07) is 19.3. The van der Waals surface area contributed by atoms with Crippen LogP contribution in [0.1, 0.15) is 61.9 Å². The number of carboxylic acids is 1. The lowest BCUT2D eigenvalue weighted by molar-refractivity contribution is -0.139. The summed E-state index contributed by atoms with van der Waals surface area (Å²) in [7, 11) is 0. The molecule has 1 fully saturated rings. The average Bonchev–Trinajstić information content (AvgIpc) is 3.18. The number of hydrogen-bond acceptors (Lipinski definition) is 4. The third-order valence-electron chi connectivity index (χ3n) is 7.37. The molecule has 0 aromatic heterocycles. The molecule has 1 aliphatic rings. The third kappa shape index (κ3) is 7.94. The molecule has 0 spiro atoms. The first kappa shape index (κ1) is 31.2. The highest BCUT2D eigenvalue weighted by Gasteiger charge is 2.48. The summed E-state index contributed by atoms with van der Waals surface area (Å²) < 4.78 is 13.9. The van der Waals surface area contributed by atoms with E-state index in [-0.39, 0.29) is 24.4 Å². The van der Waals surface area contributed by atoms with Crippen molar-refractivity contribution in [3.63, 3.8) is 0 Å². The molecule has 8 nitrogen and oxygen atoms in total. The van der Waals surface area contributed by atoms with Crippen molar-refractivity contribution in [1.82, 2.24) is 15.1 Å². The molecule has 4 amide bonds. The number of halogens is 1. The van der Waals surface area contributed by atoms with Crippen LogP contribution in [-0.2, 0) is 20.9 Å². The Morgan fingerprint density at radius 2 is 1.60 bits per heavy atom. The number of imide groups is 1. The van der Waals surface area contributed by atoms with E-state index in [9.17, 15) is 28.7 Å². The molecule has 2 N–H and O–H groups in total. The molecule has 1 aliphatic heterocycles. The summed E-state index contributed by atoms with van der Waals surface area (Å²) in [5.41, 5.74) is 3.15. The van der Waals surface area contributed by atoms with E-state index in [1.807, 2.05) is 80.6 Å². The second kappa shape index (κ2) is 13.9.